The maximum Gasteiger partial charge on any atom is 0.232 e. The number of unbranched alkanes of at least 4 members (excludes halogenated alkanes) is 7. The van der Waals surface area contributed by atoms with Crippen molar-refractivity contribution in [3.05, 3.63) is 42.5 Å². The molecule has 3 nitrogen and oxygen atoms in total. The van der Waals surface area contributed by atoms with E-state index in [1.54, 1.807) is 24.5 Å². The quantitative estimate of drug-likeness (QED) is 0.488. The third-order valence-corrected chi connectivity index (χ3v) is 4.02. The molecule has 4 heteroatoms. The minimum atomic E-state index is -0.253. The molecule has 0 saturated heterocycles. The zero-order valence-electron chi connectivity index (χ0n) is 14.5. The molecule has 0 saturated carbocycles. The van der Waals surface area contributed by atoms with E-state index in [0.29, 0.717) is 12.5 Å². The molecule has 2 rings (SSSR count). The smallest absolute Gasteiger partial charge is 0.232 e. The predicted octanol–water partition coefficient (Wildman–Crippen LogP) is 5.80. The van der Waals surface area contributed by atoms with Gasteiger partial charge in [-0.15, -0.1) is 0 Å². The summed E-state index contributed by atoms with van der Waals surface area (Å²) in [5.74, 6) is 0.292. The van der Waals surface area contributed by atoms with Crippen molar-refractivity contribution in [3.8, 4) is 17.1 Å². The summed E-state index contributed by atoms with van der Waals surface area (Å²) in [5, 5.41) is 0. The SMILES string of the molecule is CCCCCCCCCCOc1cnc(-c2ccc(F)cc2)cn1. The first-order valence-electron chi connectivity index (χ1n) is 9.00. The van der Waals surface area contributed by atoms with E-state index in [1.165, 1.54) is 57.1 Å². The van der Waals surface area contributed by atoms with E-state index in [2.05, 4.69) is 16.9 Å². The van der Waals surface area contributed by atoms with Crippen LogP contribution in [-0.2, 0) is 0 Å². The van der Waals surface area contributed by atoms with E-state index in [-0.39, 0.29) is 5.82 Å². The molecule has 2 aromatic rings. The first kappa shape index (κ1) is 18.4. The molecule has 0 amide bonds. The van der Waals surface area contributed by atoms with E-state index in [4.69, 9.17) is 4.74 Å². The van der Waals surface area contributed by atoms with Crippen LogP contribution < -0.4 is 4.74 Å². The van der Waals surface area contributed by atoms with Gasteiger partial charge in [0, 0.05) is 5.56 Å². The molecule has 0 bridgehead atoms. The molecular weight excluding hydrogens is 303 g/mol. The van der Waals surface area contributed by atoms with Crippen LogP contribution in [0.4, 0.5) is 4.39 Å². The molecule has 130 valence electrons. The average Bonchev–Trinajstić information content (AvgIpc) is 2.62. The van der Waals surface area contributed by atoms with Gasteiger partial charge in [0.2, 0.25) is 5.88 Å². The Labute approximate surface area is 144 Å². The molecule has 1 aromatic carbocycles. The molecule has 0 aliphatic carbocycles. The molecule has 0 N–H and O–H groups in total. The normalized spacial score (nSPS) is 10.8. The van der Waals surface area contributed by atoms with Crippen molar-refractivity contribution >= 4 is 0 Å². The van der Waals surface area contributed by atoms with Crippen LogP contribution in [0.3, 0.4) is 0 Å². The van der Waals surface area contributed by atoms with Crippen LogP contribution in [-0.4, -0.2) is 16.6 Å². The van der Waals surface area contributed by atoms with Crippen LogP contribution in [0.15, 0.2) is 36.7 Å². The van der Waals surface area contributed by atoms with E-state index in [9.17, 15) is 4.39 Å². The summed E-state index contributed by atoms with van der Waals surface area (Å²) in [6, 6.07) is 6.23. The Morgan fingerprint density at radius 3 is 2.12 bits per heavy atom. The summed E-state index contributed by atoms with van der Waals surface area (Å²) >= 11 is 0. The Bertz CT molecular complexity index is 569. The highest BCUT2D eigenvalue weighted by Gasteiger charge is 2.02. The van der Waals surface area contributed by atoms with E-state index < -0.39 is 0 Å². The highest BCUT2D eigenvalue weighted by atomic mass is 19.1. The van der Waals surface area contributed by atoms with Gasteiger partial charge in [0.1, 0.15) is 5.82 Å². The van der Waals surface area contributed by atoms with Gasteiger partial charge in [0.15, 0.2) is 0 Å². The summed E-state index contributed by atoms with van der Waals surface area (Å²) in [6.45, 7) is 2.92. The van der Waals surface area contributed by atoms with Crippen LogP contribution in [0.2, 0.25) is 0 Å². The van der Waals surface area contributed by atoms with Gasteiger partial charge in [-0.3, -0.25) is 0 Å². The molecule has 0 spiro atoms. The van der Waals surface area contributed by atoms with E-state index >= 15 is 0 Å². The third kappa shape index (κ3) is 6.65. The molecule has 0 atom stereocenters. The third-order valence-electron chi connectivity index (χ3n) is 4.02. The van der Waals surface area contributed by atoms with Crippen molar-refractivity contribution in [1.82, 2.24) is 9.97 Å². The van der Waals surface area contributed by atoms with E-state index in [1.807, 2.05) is 0 Å². The largest absolute Gasteiger partial charge is 0.477 e. The van der Waals surface area contributed by atoms with Gasteiger partial charge in [-0.1, -0.05) is 51.9 Å². The average molecular weight is 330 g/mol. The summed E-state index contributed by atoms with van der Waals surface area (Å²) < 4.78 is 18.5. The molecule has 0 unspecified atom stereocenters. The maximum absolute atomic E-state index is 12.9. The van der Waals surface area contributed by atoms with Gasteiger partial charge in [-0.05, 0) is 30.7 Å². The first-order valence-corrected chi connectivity index (χ1v) is 9.00. The fourth-order valence-corrected chi connectivity index (χ4v) is 2.57. The molecule has 0 aliphatic heterocycles. The Morgan fingerprint density at radius 1 is 0.833 bits per heavy atom. The van der Waals surface area contributed by atoms with Crippen molar-refractivity contribution in [3.63, 3.8) is 0 Å². The maximum atomic E-state index is 12.9. The minimum absolute atomic E-state index is 0.253. The number of aromatic nitrogens is 2. The lowest BCUT2D eigenvalue weighted by molar-refractivity contribution is 0.292. The number of benzene rings is 1. The van der Waals surface area contributed by atoms with Crippen LogP contribution in [0.25, 0.3) is 11.3 Å². The first-order chi connectivity index (χ1) is 11.8. The molecule has 1 heterocycles. The van der Waals surface area contributed by atoms with Crippen LogP contribution in [0, 0.1) is 5.82 Å². The van der Waals surface area contributed by atoms with Gasteiger partial charge in [0.25, 0.3) is 0 Å². The fourth-order valence-electron chi connectivity index (χ4n) is 2.57. The molecule has 0 aliphatic rings. The fraction of sp³-hybridized carbons (Fsp3) is 0.500. The number of hydrogen-bond donors (Lipinski definition) is 0. The number of halogens is 1. The van der Waals surface area contributed by atoms with Gasteiger partial charge in [-0.25, -0.2) is 14.4 Å². The van der Waals surface area contributed by atoms with E-state index in [0.717, 1.165) is 17.7 Å². The molecular formula is C20H27FN2O. The lowest BCUT2D eigenvalue weighted by Gasteiger charge is -2.06. The number of rotatable bonds is 11. The van der Waals surface area contributed by atoms with Gasteiger partial charge >= 0.3 is 0 Å². The second kappa shape index (κ2) is 10.7. The lowest BCUT2D eigenvalue weighted by atomic mass is 10.1. The minimum Gasteiger partial charge on any atom is -0.477 e. The Kier molecular flexibility index (Phi) is 8.22. The Morgan fingerprint density at radius 2 is 1.50 bits per heavy atom. The molecule has 0 fully saturated rings. The lowest BCUT2D eigenvalue weighted by Crippen LogP contribution is -2.00. The zero-order valence-corrected chi connectivity index (χ0v) is 14.5. The molecule has 1 aromatic heterocycles. The standard InChI is InChI=1S/C20H27FN2O/c1-2-3-4-5-6-7-8-9-14-24-20-16-22-19(15-23-20)17-10-12-18(21)13-11-17/h10-13,15-16H,2-9,14H2,1H3. The summed E-state index contributed by atoms with van der Waals surface area (Å²) in [4.78, 5) is 8.59. The Hall–Kier alpha value is -1.97. The summed E-state index contributed by atoms with van der Waals surface area (Å²) in [5.41, 5.74) is 1.56. The summed E-state index contributed by atoms with van der Waals surface area (Å²) in [7, 11) is 0. The van der Waals surface area contributed by atoms with Crippen molar-refractivity contribution < 1.29 is 9.13 Å². The number of hydrogen-bond acceptors (Lipinski definition) is 3. The highest BCUT2D eigenvalue weighted by Crippen LogP contribution is 2.18. The molecule has 24 heavy (non-hydrogen) atoms. The monoisotopic (exact) mass is 330 g/mol. The van der Waals surface area contributed by atoms with Crippen LogP contribution in [0.1, 0.15) is 58.3 Å². The van der Waals surface area contributed by atoms with Crippen molar-refractivity contribution in [2.75, 3.05) is 6.61 Å². The topological polar surface area (TPSA) is 35.0 Å². The highest BCUT2D eigenvalue weighted by molar-refractivity contribution is 5.57. The second-order valence-electron chi connectivity index (χ2n) is 6.07. The zero-order chi connectivity index (χ0) is 17.0. The van der Waals surface area contributed by atoms with Gasteiger partial charge in [0.05, 0.1) is 24.7 Å². The van der Waals surface area contributed by atoms with Crippen molar-refractivity contribution in [2.45, 2.75) is 58.3 Å². The van der Waals surface area contributed by atoms with Crippen molar-refractivity contribution in [2.24, 2.45) is 0 Å². The van der Waals surface area contributed by atoms with Gasteiger partial charge < -0.3 is 4.74 Å². The van der Waals surface area contributed by atoms with Crippen molar-refractivity contribution in [1.29, 1.82) is 0 Å². The second-order valence-corrected chi connectivity index (χ2v) is 6.07. The Balaban J connectivity index is 1.63. The predicted molar refractivity (Wildman–Crippen MR) is 95.5 cm³/mol. The summed E-state index contributed by atoms with van der Waals surface area (Å²) in [6.07, 6.45) is 13.5. The van der Waals surface area contributed by atoms with Crippen LogP contribution >= 0.6 is 0 Å². The number of ether oxygens (including phenoxy) is 1. The molecule has 0 radical (unpaired) electrons. The van der Waals surface area contributed by atoms with Crippen LogP contribution in [0.5, 0.6) is 5.88 Å². The van der Waals surface area contributed by atoms with Gasteiger partial charge in [-0.2, -0.15) is 0 Å². The number of nitrogens with zero attached hydrogens (tertiary/aromatic N) is 2.